The molecule has 0 radical (unpaired) electrons. The first-order chi connectivity index (χ1) is 11.6. The van der Waals surface area contributed by atoms with Gasteiger partial charge < -0.3 is 15.0 Å². The van der Waals surface area contributed by atoms with E-state index in [2.05, 4.69) is 22.2 Å². The molecule has 1 fully saturated rings. The number of hydrogen-bond donors (Lipinski definition) is 1. The van der Waals surface area contributed by atoms with Crippen molar-refractivity contribution in [1.82, 2.24) is 9.88 Å². The second-order valence-corrected chi connectivity index (χ2v) is 7.83. The van der Waals surface area contributed by atoms with Crippen LogP contribution in [0.5, 0.6) is 5.75 Å². The third kappa shape index (κ3) is 4.82. The molecule has 4 nitrogen and oxygen atoms in total. The van der Waals surface area contributed by atoms with Gasteiger partial charge >= 0.3 is 0 Å². The summed E-state index contributed by atoms with van der Waals surface area (Å²) >= 11 is 7.20. The minimum Gasteiger partial charge on any atom is -0.490 e. The maximum Gasteiger partial charge on any atom is 0.183 e. The molecule has 1 aromatic carbocycles. The number of likely N-dealkylation sites (tertiary alicyclic amines) is 1. The number of piperidine rings is 1. The summed E-state index contributed by atoms with van der Waals surface area (Å²) in [6, 6.07) is 4.98. The van der Waals surface area contributed by atoms with E-state index in [1.165, 1.54) is 17.4 Å². The molecule has 0 amide bonds. The number of rotatable bonds is 6. The van der Waals surface area contributed by atoms with Gasteiger partial charge in [0.1, 0.15) is 0 Å². The Morgan fingerprint density at radius 3 is 2.88 bits per heavy atom. The predicted octanol–water partition coefficient (Wildman–Crippen LogP) is 4.27. The first-order valence-corrected chi connectivity index (χ1v) is 9.24. The van der Waals surface area contributed by atoms with Crippen LogP contribution in [0.2, 0.25) is 4.47 Å². The third-order valence-corrected chi connectivity index (χ3v) is 5.35. The van der Waals surface area contributed by atoms with Crippen molar-refractivity contribution in [2.45, 2.75) is 19.4 Å². The summed E-state index contributed by atoms with van der Waals surface area (Å²) in [5.41, 5.74) is 0.712. The molecule has 7 heteroatoms. The molecule has 1 aromatic heterocycles. The van der Waals surface area contributed by atoms with E-state index in [0.29, 0.717) is 35.0 Å². The lowest BCUT2D eigenvalue weighted by molar-refractivity contribution is 0.157. The number of nitrogens with one attached hydrogen (secondary N) is 1. The lowest BCUT2D eigenvalue weighted by Gasteiger charge is -2.28. The molecule has 24 heavy (non-hydrogen) atoms. The molecule has 0 saturated carbocycles. The van der Waals surface area contributed by atoms with Crippen molar-refractivity contribution >= 4 is 28.6 Å². The highest BCUT2D eigenvalue weighted by Crippen LogP contribution is 2.25. The van der Waals surface area contributed by atoms with Gasteiger partial charge in [-0.1, -0.05) is 11.6 Å². The fourth-order valence-electron chi connectivity index (χ4n) is 2.72. The van der Waals surface area contributed by atoms with E-state index in [9.17, 15) is 4.39 Å². The predicted molar refractivity (Wildman–Crippen MR) is 96.6 cm³/mol. The van der Waals surface area contributed by atoms with E-state index in [-0.39, 0.29) is 5.82 Å². The maximum atomic E-state index is 14.2. The highest BCUT2D eigenvalue weighted by atomic mass is 35.5. The Balaban J connectivity index is 1.50. The van der Waals surface area contributed by atoms with Gasteiger partial charge in [-0.2, -0.15) is 0 Å². The summed E-state index contributed by atoms with van der Waals surface area (Å²) in [5, 5.41) is 3.16. The molecule has 130 valence electrons. The van der Waals surface area contributed by atoms with Gasteiger partial charge in [-0.05, 0) is 51.0 Å². The molecule has 3 rings (SSSR count). The molecule has 0 unspecified atom stereocenters. The van der Waals surface area contributed by atoms with Crippen LogP contribution in [0.3, 0.4) is 0 Å². The Bertz CT molecular complexity index is 674. The summed E-state index contributed by atoms with van der Waals surface area (Å²) in [6.45, 7) is 3.32. The lowest BCUT2D eigenvalue weighted by Crippen LogP contribution is -2.32. The van der Waals surface area contributed by atoms with Crippen molar-refractivity contribution in [3.63, 3.8) is 0 Å². The normalized spacial score (nSPS) is 16.3. The van der Waals surface area contributed by atoms with Gasteiger partial charge in [0.15, 0.2) is 16.0 Å². The Labute approximate surface area is 150 Å². The largest absolute Gasteiger partial charge is 0.490 e. The van der Waals surface area contributed by atoms with Crippen molar-refractivity contribution in [3.05, 3.63) is 39.6 Å². The van der Waals surface area contributed by atoms with E-state index in [4.69, 9.17) is 16.3 Å². The number of ether oxygens (including phenoxy) is 1. The second kappa shape index (κ2) is 8.14. The fraction of sp³-hybridized carbons (Fsp3) is 0.471. The Morgan fingerprint density at radius 2 is 2.21 bits per heavy atom. The van der Waals surface area contributed by atoms with E-state index in [0.717, 1.165) is 30.8 Å². The van der Waals surface area contributed by atoms with Crippen molar-refractivity contribution < 1.29 is 9.13 Å². The topological polar surface area (TPSA) is 37.4 Å². The molecule has 2 heterocycles. The second-order valence-electron chi connectivity index (χ2n) is 6.14. The van der Waals surface area contributed by atoms with Crippen molar-refractivity contribution in [2.75, 3.05) is 32.1 Å². The van der Waals surface area contributed by atoms with Crippen LogP contribution in [0, 0.1) is 11.7 Å². The number of hydrogen-bond acceptors (Lipinski definition) is 5. The average molecular weight is 370 g/mol. The maximum absolute atomic E-state index is 14.2. The van der Waals surface area contributed by atoms with Crippen LogP contribution < -0.4 is 10.1 Å². The zero-order valence-electron chi connectivity index (χ0n) is 13.6. The molecule has 1 aliphatic rings. The quantitative estimate of drug-likeness (QED) is 0.825. The first-order valence-electron chi connectivity index (χ1n) is 8.05. The minimum absolute atomic E-state index is 0.320. The highest BCUT2D eigenvalue weighted by molar-refractivity contribution is 7.15. The van der Waals surface area contributed by atoms with E-state index in [1.807, 2.05) is 6.07 Å². The van der Waals surface area contributed by atoms with Crippen molar-refractivity contribution in [3.8, 4) is 5.75 Å². The zero-order valence-corrected chi connectivity index (χ0v) is 15.2. The Kier molecular flexibility index (Phi) is 5.92. The van der Waals surface area contributed by atoms with E-state index >= 15 is 0 Å². The van der Waals surface area contributed by atoms with Crippen LogP contribution in [0.15, 0.2) is 24.4 Å². The van der Waals surface area contributed by atoms with Gasteiger partial charge in [-0.25, -0.2) is 9.37 Å². The van der Waals surface area contributed by atoms with Gasteiger partial charge in [0.2, 0.25) is 0 Å². The van der Waals surface area contributed by atoms with Crippen LogP contribution in [0.25, 0.3) is 0 Å². The minimum atomic E-state index is -0.338. The molecule has 1 saturated heterocycles. The molecular formula is C17H21ClFN3OS. The van der Waals surface area contributed by atoms with Gasteiger partial charge in [0.25, 0.3) is 0 Å². The summed E-state index contributed by atoms with van der Waals surface area (Å²) in [7, 11) is 2.13. The van der Waals surface area contributed by atoms with Crippen LogP contribution in [0.1, 0.15) is 17.7 Å². The van der Waals surface area contributed by atoms with Crippen molar-refractivity contribution in [2.24, 2.45) is 5.92 Å². The Morgan fingerprint density at radius 1 is 1.42 bits per heavy atom. The number of thiazole rings is 1. The van der Waals surface area contributed by atoms with Crippen LogP contribution in [0.4, 0.5) is 10.1 Å². The molecule has 2 aromatic rings. The summed E-state index contributed by atoms with van der Waals surface area (Å²) in [4.78, 5) is 7.30. The number of anilines is 1. The molecule has 0 spiro atoms. The molecule has 0 bridgehead atoms. The Hall–Kier alpha value is -1.37. The van der Waals surface area contributed by atoms with Gasteiger partial charge in [-0.3, -0.25) is 0 Å². The number of benzene rings is 1. The third-order valence-electron chi connectivity index (χ3n) is 4.24. The summed E-state index contributed by atoms with van der Waals surface area (Å²) < 4.78 is 20.4. The van der Waals surface area contributed by atoms with E-state index in [1.54, 1.807) is 12.3 Å². The van der Waals surface area contributed by atoms with Crippen LogP contribution >= 0.6 is 22.9 Å². The molecule has 1 N–H and O–H groups in total. The molecule has 0 atom stereocenters. The first kappa shape index (κ1) is 17.5. The monoisotopic (exact) mass is 369 g/mol. The fourth-order valence-corrected chi connectivity index (χ4v) is 3.64. The number of aromatic nitrogens is 1. The standard InChI is InChI=1S/C17H21ClFN3OS/c1-22-6-4-12(5-7-22)11-23-16-3-2-13(8-15(16)19)20-9-14-10-21-17(18)24-14/h2-3,8,10,12,20H,4-7,9,11H2,1H3. The number of halogens is 2. The van der Waals surface area contributed by atoms with Crippen LogP contribution in [-0.2, 0) is 6.54 Å². The average Bonchev–Trinajstić information content (AvgIpc) is 2.99. The highest BCUT2D eigenvalue weighted by Gasteiger charge is 2.17. The zero-order chi connectivity index (χ0) is 16.9. The van der Waals surface area contributed by atoms with Gasteiger partial charge in [0.05, 0.1) is 13.2 Å². The van der Waals surface area contributed by atoms with Crippen LogP contribution in [-0.4, -0.2) is 36.6 Å². The summed E-state index contributed by atoms with van der Waals surface area (Å²) in [6.07, 6.45) is 3.93. The van der Waals surface area contributed by atoms with E-state index < -0.39 is 0 Å². The SMILES string of the molecule is CN1CCC(COc2ccc(NCc3cnc(Cl)s3)cc2F)CC1. The van der Waals surface area contributed by atoms with Gasteiger partial charge in [0, 0.05) is 22.8 Å². The molecule has 0 aliphatic carbocycles. The smallest absolute Gasteiger partial charge is 0.183 e. The molecule has 1 aliphatic heterocycles. The van der Waals surface area contributed by atoms with Gasteiger partial charge in [-0.15, -0.1) is 11.3 Å². The summed E-state index contributed by atoms with van der Waals surface area (Å²) in [5.74, 6) is 0.491. The lowest BCUT2D eigenvalue weighted by atomic mass is 9.98. The number of nitrogens with zero attached hydrogens (tertiary/aromatic N) is 2. The molecular weight excluding hydrogens is 349 g/mol. The van der Waals surface area contributed by atoms with Crippen molar-refractivity contribution in [1.29, 1.82) is 0 Å².